The summed E-state index contributed by atoms with van der Waals surface area (Å²) in [5.74, 6) is 2.98. The van der Waals surface area contributed by atoms with E-state index in [1.165, 1.54) is 0 Å². The monoisotopic (exact) mass is 458 g/mol. The van der Waals surface area contributed by atoms with Crippen molar-refractivity contribution in [3.63, 3.8) is 0 Å². The molecule has 2 amide bonds. The third-order valence-electron chi connectivity index (χ3n) is 5.57. The Labute approximate surface area is 197 Å². The van der Waals surface area contributed by atoms with Gasteiger partial charge in [-0.1, -0.05) is 6.07 Å². The third kappa shape index (κ3) is 4.71. The van der Waals surface area contributed by atoms with Crippen LogP contribution in [0.3, 0.4) is 0 Å². The Morgan fingerprint density at radius 3 is 2.26 bits per heavy atom. The van der Waals surface area contributed by atoms with Crippen LogP contribution in [0, 0.1) is 20.8 Å². The number of carbonyl (C=O) groups excluding carboxylic acids is 1. The highest BCUT2D eigenvalue weighted by Crippen LogP contribution is 2.38. The van der Waals surface area contributed by atoms with Gasteiger partial charge in [0, 0.05) is 29.5 Å². The number of amides is 2. The Morgan fingerprint density at radius 2 is 1.56 bits per heavy atom. The number of nitrogens with one attached hydrogen (secondary N) is 2. The van der Waals surface area contributed by atoms with Crippen LogP contribution in [0.15, 0.2) is 54.9 Å². The van der Waals surface area contributed by atoms with Crippen LogP contribution in [0.2, 0.25) is 0 Å². The molecule has 0 fully saturated rings. The Bertz CT molecular complexity index is 1350. The van der Waals surface area contributed by atoms with Gasteiger partial charge in [0.2, 0.25) is 0 Å². The summed E-state index contributed by atoms with van der Waals surface area (Å²) in [4.78, 5) is 21.1. The summed E-state index contributed by atoms with van der Waals surface area (Å²) in [5.41, 5.74) is 4.22. The SMILES string of the molecule is COc1cc2nccc(Oc3ccc(NC(=O)Nc4ccc(C)cn4)c(C)c3C)c2cc1OC. The minimum Gasteiger partial charge on any atom is -0.493 e. The summed E-state index contributed by atoms with van der Waals surface area (Å²) in [6, 6.07) is 12.4. The van der Waals surface area contributed by atoms with Crippen molar-refractivity contribution in [3.05, 3.63) is 71.5 Å². The first-order valence-electron chi connectivity index (χ1n) is 10.7. The fourth-order valence-corrected chi connectivity index (χ4v) is 3.51. The van der Waals surface area contributed by atoms with Crippen LogP contribution < -0.4 is 24.8 Å². The molecule has 4 rings (SSSR count). The largest absolute Gasteiger partial charge is 0.493 e. The van der Waals surface area contributed by atoms with Gasteiger partial charge in [-0.2, -0.15) is 0 Å². The molecule has 0 unspecified atom stereocenters. The molecular formula is C26H26N4O4. The van der Waals surface area contributed by atoms with E-state index in [0.29, 0.717) is 34.5 Å². The molecule has 2 N–H and O–H groups in total. The lowest BCUT2D eigenvalue weighted by Crippen LogP contribution is -2.20. The number of fused-ring (bicyclic) bond motifs is 1. The molecule has 0 radical (unpaired) electrons. The van der Waals surface area contributed by atoms with E-state index in [-0.39, 0.29) is 6.03 Å². The summed E-state index contributed by atoms with van der Waals surface area (Å²) >= 11 is 0. The van der Waals surface area contributed by atoms with Crippen molar-refractivity contribution >= 4 is 28.4 Å². The van der Waals surface area contributed by atoms with E-state index in [0.717, 1.165) is 27.6 Å². The van der Waals surface area contributed by atoms with E-state index in [1.807, 2.05) is 51.1 Å². The van der Waals surface area contributed by atoms with Crippen molar-refractivity contribution in [1.82, 2.24) is 9.97 Å². The maximum absolute atomic E-state index is 12.4. The Balaban J connectivity index is 1.57. The molecule has 0 saturated heterocycles. The molecule has 0 atom stereocenters. The molecule has 0 spiro atoms. The van der Waals surface area contributed by atoms with Gasteiger partial charge in [0.05, 0.1) is 19.7 Å². The van der Waals surface area contributed by atoms with E-state index >= 15 is 0 Å². The lowest BCUT2D eigenvalue weighted by Gasteiger charge is -2.16. The number of carbonyl (C=O) groups is 1. The van der Waals surface area contributed by atoms with Crippen molar-refractivity contribution in [2.24, 2.45) is 0 Å². The molecule has 8 heteroatoms. The van der Waals surface area contributed by atoms with Gasteiger partial charge in [0.1, 0.15) is 17.3 Å². The Morgan fingerprint density at radius 1 is 0.794 bits per heavy atom. The van der Waals surface area contributed by atoms with Gasteiger partial charge in [-0.3, -0.25) is 10.3 Å². The first kappa shape index (κ1) is 22.8. The summed E-state index contributed by atoms with van der Waals surface area (Å²) < 4.78 is 17.1. The van der Waals surface area contributed by atoms with E-state index in [2.05, 4.69) is 20.6 Å². The second-order valence-electron chi connectivity index (χ2n) is 7.80. The number of pyridine rings is 2. The highest BCUT2D eigenvalue weighted by molar-refractivity contribution is 5.99. The number of aromatic nitrogens is 2. The second kappa shape index (κ2) is 9.66. The summed E-state index contributed by atoms with van der Waals surface area (Å²) in [6.07, 6.45) is 3.39. The second-order valence-corrected chi connectivity index (χ2v) is 7.80. The van der Waals surface area contributed by atoms with Gasteiger partial charge < -0.3 is 19.5 Å². The Hall–Kier alpha value is -4.33. The van der Waals surface area contributed by atoms with Gasteiger partial charge in [-0.25, -0.2) is 9.78 Å². The number of rotatable bonds is 6. The van der Waals surface area contributed by atoms with Crippen LogP contribution >= 0.6 is 0 Å². The normalized spacial score (nSPS) is 10.6. The molecule has 2 aromatic heterocycles. The lowest BCUT2D eigenvalue weighted by molar-refractivity contribution is 0.262. The highest BCUT2D eigenvalue weighted by atomic mass is 16.5. The van der Waals surface area contributed by atoms with Crippen LogP contribution in [-0.4, -0.2) is 30.2 Å². The van der Waals surface area contributed by atoms with Crippen LogP contribution in [0.25, 0.3) is 10.9 Å². The van der Waals surface area contributed by atoms with Crippen LogP contribution in [0.4, 0.5) is 16.3 Å². The third-order valence-corrected chi connectivity index (χ3v) is 5.57. The number of aryl methyl sites for hydroxylation is 1. The molecule has 2 aromatic carbocycles. The minimum absolute atomic E-state index is 0.367. The van der Waals surface area contributed by atoms with Crippen molar-refractivity contribution in [3.8, 4) is 23.0 Å². The van der Waals surface area contributed by atoms with Crippen molar-refractivity contribution in [1.29, 1.82) is 0 Å². The fraction of sp³-hybridized carbons (Fsp3) is 0.192. The molecule has 8 nitrogen and oxygen atoms in total. The number of benzene rings is 2. The van der Waals surface area contributed by atoms with Gasteiger partial charge >= 0.3 is 6.03 Å². The average Bonchev–Trinajstić information content (AvgIpc) is 2.84. The fourth-order valence-electron chi connectivity index (χ4n) is 3.51. The number of ether oxygens (including phenoxy) is 3. The van der Waals surface area contributed by atoms with E-state index in [1.54, 1.807) is 38.7 Å². The number of methoxy groups -OCH3 is 2. The maximum Gasteiger partial charge on any atom is 0.324 e. The van der Waals surface area contributed by atoms with Crippen LogP contribution in [-0.2, 0) is 0 Å². The first-order chi connectivity index (χ1) is 16.4. The predicted octanol–water partition coefficient (Wildman–Crippen LogP) is 6.01. The minimum atomic E-state index is -0.367. The lowest BCUT2D eigenvalue weighted by atomic mass is 10.1. The van der Waals surface area contributed by atoms with Crippen molar-refractivity contribution in [2.45, 2.75) is 20.8 Å². The molecule has 0 aliphatic carbocycles. The predicted molar refractivity (Wildman–Crippen MR) is 132 cm³/mol. The number of nitrogens with zero attached hydrogens (tertiary/aromatic N) is 2. The summed E-state index contributed by atoms with van der Waals surface area (Å²) in [5, 5.41) is 6.41. The molecule has 2 heterocycles. The van der Waals surface area contributed by atoms with E-state index in [4.69, 9.17) is 14.2 Å². The number of hydrogen-bond acceptors (Lipinski definition) is 6. The zero-order chi connectivity index (χ0) is 24.2. The smallest absolute Gasteiger partial charge is 0.324 e. The average molecular weight is 459 g/mol. The summed E-state index contributed by atoms with van der Waals surface area (Å²) in [6.45, 7) is 5.82. The van der Waals surface area contributed by atoms with Crippen molar-refractivity contribution in [2.75, 3.05) is 24.9 Å². The number of anilines is 2. The summed E-state index contributed by atoms with van der Waals surface area (Å²) in [7, 11) is 3.17. The van der Waals surface area contributed by atoms with E-state index in [9.17, 15) is 4.79 Å². The van der Waals surface area contributed by atoms with Gasteiger partial charge in [0.25, 0.3) is 0 Å². The Kier molecular flexibility index (Phi) is 6.49. The van der Waals surface area contributed by atoms with Gasteiger partial charge in [0.15, 0.2) is 11.5 Å². The molecule has 174 valence electrons. The quantitative estimate of drug-likeness (QED) is 0.368. The number of urea groups is 1. The molecule has 0 aliphatic rings. The van der Waals surface area contributed by atoms with E-state index < -0.39 is 0 Å². The van der Waals surface area contributed by atoms with Gasteiger partial charge in [-0.15, -0.1) is 0 Å². The molecule has 0 saturated carbocycles. The van der Waals surface area contributed by atoms with Crippen molar-refractivity contribution < 1.29 is 19.0 Å². The topological polar surface area (TPSA) is 94.6 Å². The zero-order valence-corrected chi connectivity index (χ0v) is 19.7. The molecular weight excluding hydrogens is 432 g/mol. The van der Waals surface area contributed by atoms with Crippen LogP contribution in [0.1, 0.15) is 16.7 Å². The zero-order valence-electron chi connectivity index (χ0n) is 19.7. The van der Waals surface area contributed by atoms with Gasteiger partial charge in [-0.05, 0) is 67.8 Å². The maximum atomic E-state index is 12.4. The van der Waals surface area contributed by atoms with Crippen LogP contribution in [0.5, 0.6) is 23.0 Å². The number of hydrogen-bond donors (Lipinski definition) is 2. The standard InChI is InChI=1S/C26H26N4O4/c1-15-6-9-25(28-14-15)30-26(31)29-19-7-8-21(17(3)16(19)2)34-22-10-11-27-20-13-24(33-5)23(32-4)12-18(20)22/h6-14H,1-5H3,(H2,28,29,30,31). The first-order valence-corrected chi connectivity index (χ1v) is 10.7. The molecule has 0 aliphatic heterocycles. The molecule has 34 heavy (non-hydrogen) atoms. The highest BCUT2D eigenvalue weighted by Gasteiger charge is 2.14. The molecule has 0 bridgehead atoms. The molecule has 4 aromatic rings.